The molecule has 1 aliphatic heterocycles. The number of fused-ring (bicyclic) bond motifs is 1. The molecule has 116 valence electrons. The quantitative estimate of drug-likeness (QED) is 0.435. The van der Waals surface area contributed by atoms with E-state index in [9.17, 15) is 18.0 Å². The van der Waals surface area contributed by atoms with Crippen LogP contribution in [0.15, 0.2) is 12.2 Å². The lowest BCUT2D eigenvalue weighted by atomic mass is 9.94. The second-order valence-electron chi connectivity index (χ2n) is 5.90. The monoisotopic (exact) mass is 315 g/mol. The number of rotatable bonds is 4. The van der Waals surface area contributed by atoms with E-state index in [-0.39, 0.29) is 18.4 Å². The van der Waals surface area contributed by atoms with Crippen molar-refractivity contribution < 1.29 is 26.9 Å². The van der Waals surface area contributed by atoms with Gasteiger partial charge in [-0.2, -0.15) is 8.42 Å². The van der Waals surface area contributed by atoms with Crippen molar-refractivity contribution >= 4 is 22.0 Å². The summed E-state index contributed by atoms with van der Waals surface area (Å²) in [4.78, 5) is 23.1. The molecule has 0 spiro atoms. The first-order chi connectivity index (χ1) is 9.79. The average Bonchev–Trinajstić information content (AvgIpc) is 2.99. The molecule has 1 N–H and O–H groups in total. The lowest BCUT2D eigenvalue weighted by molar-refractivity contribution is -0.155. The third-order valence-electron chi connectivity index (χ3n) is 4.46. The molecule has 5 atom stereocenters. The highest BCUT2D eigenvalue weighted by Gasteiger charge is 2.65. The number of carbonyl (C=O) groups excluding carboxylic acids is 2. The molecule has 8 heteroatoms. The molecule has 7 nitrogen and oxygen atoms in total. The van der Waals surface area contributed by atoms with Gasteiger partial charge in [0.25, 0.3) is 10.1 Å². The summed E-state index contributed by atoms with van der Waals surface area (Å²) in [5.74, 6) is -1.04. The second-order valence-corrected chi connectivity index (χ2v) is 7.69. The molecule has 2 aliphatic carbocycles. The fourth-order valence-corrected chi connectivity index (χ4v) is 5.42. The summed E-state index contributed by atoms with van der Waals surface area (Å²) in [6.07, 6.45) is 0.113. The minimum absolute atomic E-state index is 0.0306. The maximum absolute atomic E-state index is 11.8. The van der Waals surface area contributed by atoms with Gasteiger partial charge in [-0.15, -0.1) is 0 Å². The maximum atomic E-state index is 11.8. The molecule has 5 unspecified atom stereocenters. The van der Waals surface area contributed by atoms with Gasteiger partial charge in [0, 0.05) is 17.4 Å². The standard InChI is InChI=1S/C13H17NO6S/c1-6(2)13(16)14-5-10(15)19-11-7-3-8-9(4-7)21(17,18)20-12(8)11/h7-9,11-12H,1,3-5H2,2H3,(H,14,16). The number of hydrogen-bond donors (Lipinski definition) is 1. The van der Waals surface area contributed by atoms with Gasteiger partial charge in [-0.3, -0.25) is 13.8 Å². The smallest absolute Gasteiger partial charge is 0.325 e. The summed E-state index contributed by atoms with van der Waals surface area (Å²) in [5.41, 5.74) is 0.302. The molecular weight excluding hydrogens is 298 g/mol. The van der Waals surface area contributed by atoms with Crippen molar-refractivity contribution in [1.29, 1.82) is 0 Å². The molecule has 1 amide bonds. The van der Waals surface area contributed by atoms with Crippen molar-refractivity contribution in [3.8, 4) is 0 Å². The molecule has 1 heterocycles. The second kappa shape index (κ2) is 4.81. The third kappa shape index (κ3) is 2.36. The van der Waals surface area contributed by atoms with E-state index in [2.05, 4.69) is 11.9 Å². The summed E-state index contributed by atoms with van der Waals surface area (Å²) < 4.78 is 34.0. The first-order valence-electron chi connectivity index (χ1n) is 6.85. The van der Waals surface area contributed by atoms with Crippen molar-refractivity contribution in [3.05, 3.63) is 12.2 Å². The Balaban J connectivity index is 1.59. The molecule has 0 radical (unpaired) electrons. The van der Waals surface area contributed by atoms with E-state index in [4.69, 9.17) is 8.92 Å². The number of ether oxygens (including phenoxy) is 1. The Hall–Kier alpha value is -1.41. The van der Waals surface area contributed by atoms with Crippen LogP contribution >= 0.6 is 0 Å². The van der Waals surface area contributed by atoms with Gasteiger partial charge in [-0.05, 0) is 19.8 Å². The van der Waals surface area contributed by atoms with E-state index in [1.165, 1.54) is 6.92 Å². The minimum atomic E-state index is -3.51. The fourth-order valence-electron chi connectivity index (χ4n) is 3.54. The maximum Gasteiger partial charge on any atom is 0.325 e. The largest absolute Gasteiger partial charge is 0.458 e. The number of nitrogens with one attached hydrogen (secondary N) is 1. The molecule has 2 saturated carbocycles. The van der Waals surface area contributed by atoms with Crippen LogP contribution in [0.5, 0.6) is 0 Å². The van der Waals surface area contributed by atoms with Gasteiger partial charge in [-0.1, -0.05) is 6.58 Å². The van der Waals surface area contributed by atoms with Crippen LogP contribution in [0.2, 0.25) is 0 Å². The van der Waals surface area contributed by atoms with E-state index < -0.39 is 39.5 Å². The first kappa shape index (κ1) is 14.5. The zero-order valence-corrected chi connectivity index (χ0v) is 12.4. The van der Waals surface area contributed by atoms with Gasteiger partial charge >= 0.3 is 5.97 Å². The molecule has 0 aromatic heterocycles. The normalized spacial score (nSPS) is 38.2. The highest BCUT2D eigenvalue weighted by molar-refractivity contribution is 7.87. The van der Waals surface area contributed by atoms with Crippen LogP contribution in [-0.4, -0.2) is 44.3 Å². The summed E-state index contributed by atoms with van der Waals surface area (Å²) >= 11 is 0. The van der Waals surface area contributed by atoms with Crippen LogP contribution in [-0.2, 0) is 28.6 Å². The Bertz CT molecular complexity index is 612. The van der Waals surface area contributed by atoms with Crippen molar-refractivity contribution in [2.24, 2.45) is 11.8 Å². The van der Waals surface area contributed by atoms with Gasteiger partial charge in [0.05, 0.1) is 5.25 Å². The Morgan fingerprint density at radius 1 is 1.38 bits per heavy atom. The van der Waals surface area contributed by atoms with Crippen LogP contribution in [0.1, 0.15) is 19.8 Å². The summed E-state index contributed by atoms with van der Waals surface area (Å²) in [5, 5.41) is 1.95. The molecule has 1 saturated heterocycles. The number of hydrogen-bond acceptors (Lipinski definition) is 6. The van der Waals surface area contributed by atoms with Crippen LogP contribution in [0, 0.1) is 11.8 Å². The van der Waals surface area contributed by atoms with Crippen LogP contribution < -0.4 is 5.32 Å². The zero-order chi connectivity index (χ0) is 15.4. The molecule has 3 aliphatic rings. The van der Waals surface area contributed by atoms with E-state index in [1.54, 1.807) is 0 Å². The lowest BCUT2D eigenvalue weighted by Gasteiger charge is -2.24. The van der Waals surface area contributed by atoms with Crippen molar-refractivity contribution in [2.75, 3.05) is 6.54 Å². The van der Waals surface area contributed by atoms with Crippen molar-refractivity contribution in [2.45, 2.75) is 37.2 Å². The van der Waals surface area contributed by atoms with Crippen LogP contribution in [0.4, 0.5) is 0 Å². The van der Waals surface area contributed by atoms with E-state index in [1.807, 2.05) is 0 Å². The Morgan fingerprint density at radius 3 is 2.76 bits per heavy atom. The first-order valence-corrected chi connectivity index (χ1v) is 8.32. The van der Waals surface area contributed by atoms with Gasteiger partial charge < -0.3 is 10.1 Å². The summed E-state index contributed by atoms with van der Waals surface area (Å²) in [6, 6.07) is 0. The van der Waals surface area contributed by atoms with Crippen LogP contribution in [0.3, 0.4) is 0 Å². The minimum Gasteiger partial charge on any atom is -0.458 e. The van der Waals surface area contributed by atoms with E-state index in [0.717, 1.165) is 0 Å². The molecule has 2 bridgehead atoms. The van der Waals surface area contributed by atoms with E-state index >= 15 is 0 Å². The van der Waals surface area contributed by atoms with Gasteiger partial charge in [-0.25, -0.2) is 0 Å². The zero-order valence-electron chi connectivity index (χ0n) is 11.6. The number of esters is 1. The Kier molecular flexibility index (Phi) is 3.32. The van der Waals surface area contributed by atoms with Crippen molar-refractivity contribution in [3.63, 3.8) is 0 Å². The predicted octanol–water partition coefficient (Wildman–Crippen LogP) is -0.272. The number of carbonyl (C=O) groups is 2. The Morgan fingerprint density at radius 2 is 2.10 bits per heavy atom. The highest BCUT2D eigenvalue weighted by Crippen LogP contribution is 2.55. The molecule has 0 aromatic carbocycles. The summed E-state index contributed by atoms with van der Waals surface area (Å²) in [6.45, 7) is 4.74. The molecule has 3 fully saturated rings. The lowest BCUT2D eigenvalue weighted by Crippen LogP contribution is -2.40. The summed E-state index contributed by atoms with van der Waals surface area (Å²) in [7, 11) is -3.51. The van der Waals surface area contributed by atoms with Gasteiger partial charge in [0.15, 0.2) is 0 Å². The number of amides is 1. The Labute approximate surface area is 122 Å². The fraction of sp³-hybridized carbons (Fsp3) is 0.692. The SMILES string of the molecule is C=C(C)C(=O)NCC(=O)OC1C2CC3C1OS(=O)(=O)C3C2. The topological polar surface area (TPSA) is 98.8 Å². The predicted molar refractivity (Wildman–Crippen MR) is 71.5 cm³/mol. The molecular formula is C13H17NO6S. The highest BCUT2D eigenvalue weighted by atomic mass is 32.2. The molecule has 3 rings (SSSR count). The van der Waals surface area contributed by atoms with Crippen molar-refractivity contribution in [1.82, 2.24) is 5.32 Å². The van der Waals surface area contributed by atoms with Gasteiger partial charge in [0.1, 0.15) is 18.8 Å². The van der Waals surface area contributed by atoms with Crippen LogP contribution in [0.25, 0.3) is 0 Å². The average molecular weight is 315 g/mol. The molecule has 21 heavy (non-hydrogen) atoms. The van der Waals surface area contributed by atoms with Gasteiger partial charge in [0.2, 0.25) is 5.91 Å². The van der Waals surface area contributed by atoms with E-state index in [0.29, 0.717) is 18.4 Å². The third-order valence-corrected chi connectivity index (χ3v) is 6.24. The molecule has 0 aromatic rings.